The van der Waals surface area contributed by atoms with E-state index in [2.05, 4.69) is 12.2 Å². The molecule has 1 unspecified atom stereocenters. The molecule has 3 rings (SSSR count). The van der Waals surface area contributed by atoms with Crippen molar-refractivity contribution in [1.29, 1.82) is 0 Å². The first kappa shape index (κ1) is 11.1. The zero-order valence-corrected chi connectivity index (χ0v) is 10.7. The third-order valence-corrected chi connectivity index (χ3v) is 3.73. The van der Waals surface area contributed by atoms with Gasteiger partial charge in [0.25, 0.3) is 0 Å². The molecule has 0 radical (unpaired) electrons. The van der Waals surface area contributed by atoms with Gasteiger partial charge in [0, 0.05) is 28.4 Å². The summed E-state index contributed by atoms with van der Waals surface area (Å²) in [5.74, 6) is 1.15. The lowest BCUT2D eigenvalue weighted by atomic mass is 9.92. The van der Waals surface area contributed by atoms with Gasteiger partial charge in [-0.3, -0.25) is 0 Å². The van der Waals surface area contributed by atoms with Crippen LogP contribution in [0.1, 0.15) is 24.7 Å². The fraction of sp³-hybridized carbons (Fsp3) is 0.429. The summed E-state index contributed by atoms with van der Waals surface area (Å²) in [6, 6.07) is 6.46. The van der Waals surface area contributed by atoms with Crippen molar-refractivity contribution in [3.63, 3.8) is 0 Å². The number of fused-ring (bicyclic) bond motifs is 3. The highest BCUT2D eigenvalue weighted by Gasteiger charge is 2.23. The number of benzene rings is 1. The number of likely N-dealkylation sites (N-methyl/N-ethyl adjacent to an activating group) is 1. The lowest BCUT2D eigenvalue weighted by Crippen LogP contribution is -2.33. The predicted octanol–water partition coefficient (Wildman–Crippen LogP) is 3.55. The molecule has 2 aromatic rings. The highest BCUT2D eigenvalue weighted by molar-refractivity contribution is 6.31. The van der Waals surface area contributed by atoms with E-state index in [9.17, 15) is 0 Å². The van der Waals surface area contributed by atoms with Gasteiger partial charge in [0.2, 0.25) is 0 Å². The minimum atomic E-state index is 0.576. The van der Waals surface area contributed by atoms with Gasteiger partial charge in [-0.2, -0.15) is 0 Å². The lowest BCUT2D eigenvalue weighted by molar-refractivity contribution is 0.427. The molecule has 0 saturated carbocycles. The maximum absolute atomic E-state index is 6.06. The van der Waals surface area contributed by atoms with Crippen LogP contribution < -0.4 is 5.32 Å². The van der Waals surface area contributed by atoms with Crippen LogP contribution in [0, 0.1) is 0 Å². The van der Waals surface area contributed by atoms with E-state index in [0.29, 0.717) is 6.04 Å². The molecule has 0 amide bonds. The Bertz CT molecular complexity index is 546. The van der Waals surface area contributed by atoms with Gasteiger partial charge in [0.1, 0.15) is 11.3 Å². The minimum Gasteiger partial charge on any atom is -0.461 e. The Labute approximate surface area is 106 Å². The molecule has 1 atom stereocenters. The molecule has 0 fully saturated rings. The second kappa shape index (κ2) is 4.35. The van der Waals surface area contributed by atoms with Crippen molar-refractivity contribution in [2.24, 2.45) is 0 Å². The van der Waals surface area contributed by atoms with Crippen LogP contribution in [0.2, 0.25) is 5.02 Å². The van der Waals surface area contributed by atoms with Crippen LogP contribution in [0.4, 0.5) is 0 Å². The van der Waals surface area contributed by atoms with Gasteiger partial charge in [-0.05, 0) is 37.6 Å². The molecule has 2 nitrogen and oxygen atoms in total. The largest absolute Gasteiger partial charge is 0.461 e. The van der Waals surface area contributed by atoms with E-state index in [4.69, 9.17) is 16.0 Å². The number of aryl methyl sites for hydroxylation is 1. The number of rotatable bonds is 2. The predicted molar refractivity (Wildman–Crippen MR) is 70.7 cm³/mol. The quantitative estimate of drug-likeness (QED) is 0.881. The summed E-state index contributed by atoms with van der Waals surface area (Å²) in [6.45, 7) is 3.18. The molecule has 17 heavy (non-hydrogen) atoms. The SMILES string of the molecule is CCNC1CCc2oc3ccc(Cl)cc3c2C1. The molecule has 1 heterocycles. The lowest BCUT2D eigenvalue weighted by Gasteiger charge is -2.22. The topological polar surface area (TPSA) is 25.2 Å². The van der Waals surface area contributed by atoms with E-state index >= 15 is 0 Å². The molecule has 0 saturated heterocycles. The summed E-state index contributed by atoms with van der Waals surface area (Å²) in [7, 11) is 0. The van der Waals surface area contributed by atoms with Crippen LogP contribution in [-0.2, 0) is 12.8 Å². The summed E-state index contributed by atoms with van der Waals surface area (Å²) in [5, 5.41) is 5.49. The average molecular weight is 250 g/mol. The molecular weight excluding hydrogens is 234 g/mol. The fourth-order valence-corrected chi connectivity index (χ4v) is 2.89. The summed E-state index contributed by atoms with van der Waals surface area (Å²) < 4.78 is 5.89. The van der Waals surface area contributed by atoms with Gasteiger partial charge < -0.3 is 9.73 Å². The van der Waals surface area contributed by atoms with E-state index in [1.54, 1.807) is 0 Å². The van der Waals surface area contributed by atoms with Crippen molar-refractivity contribution in [2.45, 2.75) is 32.2 Å². The second-order valence-corrected chi connectivity index (χ2v) is 5.08. The molecule has 90 valence electrons. The van der Waals surface area contributed by atoms with E-state index in [1.807, 2.05) is 18.2 Å². The molecule has 0 spiro atoms. The molecular formula is C14H16ClNO. The Kier molecular flexibility index (Phi) is 2.85. The van der Waals surface area contributed by atoms with Crippen molar-refractivity contribution < 1.29 is 4.42 Å². The normalized spacial score (nSPS) is 19.5. The molecule has 1 aromatic heterocycles. The molecule has 1 aliphatic carbocycles. The number of halogens is 1. The van der Waals surface area contributed by atoms with Gasteiger partial charge >= 0.3 is 0 Å². The number of hydrogen-bond acceptors (Lipinski definition) is 2. The standard InChI is InChI=1S/C14H16ClNO/c1-2-16-10-4-6-14-12(8-10)11-7-9(15)3-5-13(11)17-14/h3,5,7,10,16H,2,4,6,8H2,1H3. The number of furan rings is 1. The number of hydrogen-bond donors (Lipinski definition) is 1. The van der Waals surface area contributed by atoms with Gasteiger partial charge in [0.15, 0.2) is 0 Å². The third-order valence-electron chi connectivity index (χ3n) is 3.50. The van der Waals surface area contributed by atoms with Crippen molar-refractivity contribution >= 4 is 22.6 Å². The third kappa shape index (κ3) is 1.96. The highest BCUT2D eigenvalue weighted by Crippen LogP contribution is 2.33. The van der Waals surface area contributed by atoms with Crippen molar-refractivity contribution in [1.82, 2.24) is 5.32 Å². The molecule has 1 aliphatic rings. The molecule has 1 aromatic carbocycles. The first-order chi connectivity index (χ1) is 8.28. The summed E-state index contributed by atoms with van der Waals surface area (Å²) in [5.41, 5.74) is 2.32. The number of nitrogens with one attached hydrogen (secondary N) is 1. The van der Waals surface area contributed by atoms with Crippen LogP contribution in [0.25, 0.3) is 11.0 Å². The Hall–Kier alpha value is -0.990. The molecule has 0 aliphatic heterocycles. The van der Waals surface area contributed by atoms with Crippen LogP contribution in [0.15, 0.2) is 22.6 Å². The van der Waals surface area contributed by atoms with Crippen LogP contribution in [0.3, 0.4) is 0 Å². The Morgan fingerprint density at radius 3 is 3.18 bits per heavy atom. The first-order valence-electron chi connectivity index (χ1n) is 6.21. The fourth-order valence-electron chi connectivity index (χ4n) is 2.71. The molecule has 3 heteroatoms. The minimum absolute atomic E-state index is 0.576. The second-order valence-electron chi connectivity index (χ2n) is 4.64. The van der Waals surface area contributed by atoms with Crippen LogP contribution in [-0.4, -0.2) is 12.6 Å². The zero-order chi connectivity index (χ0) is 11.8. The van der Waals surface area contributed by atoms with E-state index in [1.165, 1.54) is 10.9 Å². The zero-order valence-electron chi connectivity index (χ0n) is 9.92. The van der Waals surface area contributed by atoms with Crippen LogP contribution >= 0.6 is 11.6 Å². The molecule has 0 bridgehead atoms. The Balaban J connectivity index is 2.04. The first-order valence-corrected chi connectivity index (χ1v) is 6.59. The van der Waals surface area contributed by atoms with Gasteiger partial charge in [-0.15, -0.1) is 0 Å². The van der Waals surface area contributed by atoms with E-state index in [-0.39, 0.29) is 0 Å². The summed E-state index contributed by atoms with van der Waals surface area (Å²) in [6.07, 6.45) is 3.24. The van der Waals surface area contributed by atoms with Crippen LogP contribution in [0.5, 0.6) is 0 Å². The average Bonchev–Trinajstić information content (AvgIpc) is 2.67. The summed E-state index contributed by atoms with van der Waals surface area (Å²) >= 11 is 6.06. The maximum Gasteiger partial charge on any atom is 0.134 e. The monoisotopic (exact) mass is 249 g/mol. The van der Waals surface area contributed by atoms with E-state index in [0.717, 1.165) is 42.2 Å². The van der Waals surface area contributed by atoms with Gasteiger partial charge in [0.05, 0.1) is 0 Å². The summed E-state index contributed by atoms with van der Waals surface area (Å²) in [4.78, 5) is 0. The van der Waals surface area contributed by atoms with E-state index < -0.39 is 0 Å². The highest BCUT2D eigenvalue weighted by atomic mass is 35.5. The van der Waals surface area contributed by atoms with Gasteiger partial charge in [-0.1, -0.05) is 18.5 Å². The van der Waals surface area contributed by atoms with Gasteiger partial charge in [-0.25, -0.2) is 0 Å². The smallest absolute Gasteiger partial charge is 0.134 e. The van der Waals surface area contributed by atoms with Crippen molar-refractivity contribution in [3.05, 3.63) is 34.5 Å². The van der Waals surface area contributed by atoms with Crippen molar-refractivity contribution in [3.8, 4) is 0 Å². The maximum atomic E-state index is 6.06. The Morgan fingerprint density at radius 1 is 1.47 bits per heavy atom. The Morgan fingerprint density at radius 2 is 2.35 bits per heavy atom. The van der Waals surface area contributed by atoms with Crippen molar-refractivity contribution in [2.75, 3.05) is 6.54 Å². The molecule has 1 N–H and O–H groups in total.